The Bertz CT molecular complexity index is 743. The molecule has 2 N–H and O–H groups in total. The fourth-order valence-electron chi connectivity index (χ4n) is 2.53. The number of methoxy groups -OCH3 is 1. The molecular weight excluding hydrogens is 346 g/mol. The largest absolute Gasteiger partial charge is 0.497 e. The predicted molar refractivity (Wildman–Crippen MR) is 82.4 cm³/mol. The second kappa shape index (κ2) is 6.73. The van der Waals surface area contributed by atoms with Crippen LogP contribution < -0.4 is 4.74 Å². The minimum absolute atomic E-state index is 0.0664. The van der Waals surface area contributed by atoms with Crippen molar-refractivity contribution in [3.63, 3.8) is 0 Å². The maximum Gasteiger partial charge on any atom is 0.243 e. The van der Waals surface area contributed by atoms with Crippen molar-refractivity contribution < 1.29 is 31.8 Å². The lowest BCUT2D eigenvalue weighted by Gasteiger charge is -2.28. The van der Waals surface area contributed by atoms with E-state index >= 15 is 0 Å². The van der Waals surface area contributed by atoms with E-state index in [1.165, 1.54) is 31.4 Å². The van der Waals surface area contributed by atoms with Crippen LogP contribution in [0.2, 0.25) is 0 Å². The highest BCUT2D eigenvalue weighted by Gasteiger charge is 2.44. The van der Waals surface area contributed by atoms with Crippen LogP contribution in [0.25, 0.3) is 0 Å². The molecule has 1 saturated heterocycles. The summed E-state index contributed by atoms with van der Waals surface area (Å²) in [5.74, 6) is -0.484. The van der Waals surface area contributed by atoms with Gasteiger partial charge in [0.05, 0.1) is 42.3 Å². The number of ether oxygens (including phenoxy) is 1. The van der Waals surface area contributed by atoms with Crippen molar-refractivity contribution in [2.45, 2.75) is 17.0 Å². The van der Waals surface area contributed by atoms with Crippen LogP contribution in [0.1, 0.15) is 0 Å². The molecule has 23 heavy (non-hydrogen) atoms. The number of aliphatic hydroxyl groups is 2. The number of sulfonamides is 1. The van der Waals surface area contributed by atoms with Gasteiger partial charge < -0.3 is 14.9 Å². The van der Waals surface area contributed by atoms with Gasteiger partial charge in [0.2, 0.25) is 10.0 Å². The van der Waals surface area contributed by atoms with Crippen LogP contribution >= 0.6 is 0 Å². The molecule has 1 aromatic rings. The monoisotopic (exact) mass is 365 g/mol. The van der Waals surface area contributed by atoms with Gasteiger partial charge in [-0.2, -0.15) is 4.31 Å². The molecule has 1 aliphatic rings. The molecule has 0 aromatic heterocycles. The number of hydrogen-bond acceptors (Lipinski definition) is 7. The Labute approximate surface area is 135 Å². The molecular formula is C13H19NO7S2. The van der Waals surface area contributed by atoms with E-state index in [0.717, 1.165) is 4.31 Å². The first-order valence-electron chi connectivity index (χ1n) is 6.86. The Morgan fingerprint density at radius 2 is 1.87 bits per heavy atom. The van der Waals surface area contributed by atoms with E-state index in [0.29, 0.717) is 5.75 Å². The van der Waals surface area contributed by atoms with Crippen molar-refractivity contribution in [2.24, 2.45) is 0 Å². The van der Waals surface area contributed by atoms with E-state index < -0.39 is 50.1 Å². The van der Waals surface area contributed by atoms with Crippen LogP contribution in [0.15, 0.2) is 29.2 Å². The molecule has 0 saturated carbocycles. The molecule has 2 atom stereocenters. The average molecular weight is 365 g/mol. The minimum atomic E-state index is -4.06. The summed E-state index contributed by atoms with van der Waals surface area (Å²) in [4.78, 5) is -0.0664. The zero-order valence-corrected chi connectivity index (χ0v) is 14.1. The number of aliphatic hydroxyl groups excluding tert-OH is 2. The van der Waals surface area contributed by atoms with E-state index in [9.17, 15) is 21.9 Å². The van der Waals surface area contributed by atoms with E-state index in [-0.39, 0.29) is 11.4 Å². The molecule has 0 spiro atoms. The quantitative estimate of drug-likeness (QED) is 0.652. The number of rotatable bonds is 6. The summed E-state index contributed by atoms with van der Waals surface area (Å²) in [6.45, 7) is -0.787. The Hall–Kier alpha value is -1.20. The lowest BCUT2D eigenvalue weighted by atomic mass is 10.2. The average Bonchev–Trinajstić information content (AvgIpc) is 2.77. The predicted octanol–water partition coefficient (Wildman–Crippen LogP) is -1.16. The van der Waals surface area contributed by atoms with Crippen LogP contribution in [0.4, 0.5) is 0 Å². The van der Waals surface area contributed by atoms with Crippen molar-refractivity contribution in [3.05, 3.63) is 24.3 Å². The molecule has 1 heterocycles. The fraction of sp³-hybridized carbons (Fsp3) is 0.538. The van der Waals surface area contributed by atoms with Crippen molar-refractivity contribution in [2.75, 3.05) is 31.8 Å². The molecule has 130 valence electrons. The standard InChI is InChI=1S/C13H19NO7S2/c1-21-10-2-4-11(5-3-10)23(19,20)14(6-7-15)12-8-22(17,18)9-13(12)16/h2-5,12-13,15-16H,6-9H2,1H3/t12-,13-/m1/s1. The van der Waals surface area contributed by atoms with Crippen molar-refractivity contribution in [1.29, 1.82) is 0 Å². The Morgan fingerprint density at radius 1 is 1.26 bits per heavy atom. The lowest BCUT2D eigenvalue weighted by Crippen LogP contribution is -2.47. The topological polar surface area (TPSA) is 121 Å². The van der Waals surface area contributed by atoms with Gasteiger partial charge in [0.1, 0.15) is 5.75 Å². The highest BCUT2D eigenvalue weighted by molar-refractivity contribution is 7.92. The molecule has 1 aliphatic heterocycles. The van der Waals surface area contributed by atoms with Crippen LogP contribution in [-0.4, -0.2) is 75.3 Å². The van der Waals surface area contributed by atoms with Gasteiger partial charge in [-0.1, -0.05) is 0 Å². The Balaban J connectivity index is 2.39. The first-order chi connectivity index (χ1) is 10.7. The number of nitrogens with zero attached hydrogens (tertiary/aromatic N) is 1. The third kappa shape index (κ3) is 3.83. The van der Waals surface area contributed by atoms with Crippen LogP contribution in [0, 0.1) is 0 Å². The van der Waals surface area contributed by atoms with Gasteiger partial charge in [-0.3, -0.25) is 0 Å². The van der Waals surface area contributed by atoms with Gasteiger partial charge in [0, 0.05) is 6.54 Å². The van der Waals surface area contributed by atoms with Crippen LogP contribution in [-0.2, 0) is 19.9 Å². The van der Waals surface area contributed by atoms with Gasteiger partial charge in [-0.15, -0.1) is 0 Å². The molecule has 0 bridgehead atoms. The first-order valence-corrected chi connectivity index (χ1v) is 10.1. The molecule has 8 nitrogen and oxygen atoms in total. The summed E-state index contributed by atoms with van der Waals surface area (Å²) in [5.41, 5.74) is 0. The van der Waals surface area contributed by atoms with E-state index in [2.05, 4.69) is 0 Å². The summed E-state index contributed by atoms with van der Waals surface area (Å²) < 4.78 is 54.6. The zero-order valence-electron chi connectivity index (χ0n) is 12.5. The summed E-state index contributed by atoms with van der Waals surface area (Å²) in [7, 11) is -6.13. The van der Waals surface area contributed by atoms with Gasteiger partial charge in [-0.05, 0) is 24.3 Å². The molecule has 10 heteroatoms. The number of sulfone groups is 1. The minimum Gasteiger partial charge on any atom is -0.497 e. The van der Waals surface area contributed by atoms with Crippen LogP contribution in [0.5, 0.6) is 5.75 Å². The zero-order chi connectivity index (χ0) is 17.3. The Morgan fingerprint density at radius 3 is 2.30 bits per heavy atom. The van der Waals surface area contributed by atoms with Crippen molar-refractivity contribution >= 4 is 19.9 Å². The van der Waals surface area contributed by atoms with E-state index in [1.54, 1.807) is 0 Å². The molecule has 1 aromatic carbocycles. The molecule has 0 aliphatic carbocycles. The summed E-state index contributed by atoms with van der Waals surface area (Å²) in [5, 5.41) is 19.1. The molecule has 0 unspecified atom stereocenters. The first kappa shape index (κ1) is 18.1. The van der Waals surface area contributed by atoms with Crippen molar-refractivity contribution in [1.82, 2.24) is 4.31 Å². The molecule has 0 amide bonds. The Kier molecular flexibility index (Phi) is 5.31. The van der Waals surface area contributed by atoms with Crippen LogP contribution in [0.3, 0.4) is 0 Å². The summed E-state index contributed by atoms with van der Waals surface area (Å²) in [6.07, 6.45) is -1.32. The van der Waals surface area contributed by atoms with Gasteiger partial charge in [0.25, 0.3) is 0 Å². The maximum atomic E-state index is 12.7. The van der Waals surface area contributed by atoms with Gasteiger partial charge >= 0.3 is 0 Å². The van der Waals surface area contributed by atoms with E-state index in [4.69, 9.17) is 9.84 Å². The van der Waals surface area contributed by atoms with Gasteiger partial charge in [-0.25, -0.2) is 16.8 Å². The normalized spacial score (nSPS) is 24.0. The summed E-state index contributed by atoms with van der Waals surface area (Å²) in [6, 6.07) is 4.47. The number of benzene rings is 1. The number of hydrogen-bond donors (Lipinski definition) is 2. The SMILES string of the molecule is COc1ccc(S(=O)(=O)N(CCO)[C@@H]2CS(=O)(=O)C[C@H]2O)cc1. The molecule has 1 fully saturated rings. The third-order valence-corrected chi connectivity index (χ3v) is 7.29. The smallest absolute Gasteiger partial charge is 0.243 e. The second-order valence-electron chi connectivity index (χ2n) is 5.23. The highest BCUT2D eigenvalue weighted by atomic mass is 32.2. The van der Waals surface area contributed by atoms with Crippen molar-refractivity contribution in [3.8, 4) is 5.75 Å². The molecule has 0 radical (unpaired) electrons. The van der Waals surface area contributed by atoms with E-state index in [1.807, 2.05) is 0 Å². The second-order valence-corrected chi connectivity index (χ2v) is 9.27. The van der Waals surface area contributed by atoms with Gasteiger partial charge in [0.15, 0.2) is 9.84 Å². The maximum absolute atomic E-state index is 12.7. The lowest BCUT2D eigenvalue weighted by molar-refractivity contribution is 0.117. The molecule has 2 rings (SSSR count). The highest BCUT2D eigenvalue weighted by Crippen LogP contribution is 2.26. The fourth-order valence-corrected chi connectivity index (χ4v) is 6.07. The third-order valence-electron chi connectivity index (χ3n) is 3.65. The summed E-state index contributed by atoms with van der Waals surface area (Å²) >= 11 is 0.